The maximum Gasteiger partial charge on any atom is 0.257 e. The highest BCUT2D eigenvalue weighted by Gasteiger charge is 2.19. The van der Waals surface area contributed by atoms with E-state index >= 15 is 0 Å². The SMILES string of the molecule is CC(C)c1noc(C(C)Sc2nc3cc(Cl)ccc3o2)n1. The Morgan fingerprint density at radius 3 is 2.71 bits per heavy atom. The molecule has 0 N–H and O–H groups in total. The van der Waals surface area contributed by atoms with Crippen LogP contribution in [0.15, 0.2) is 32.4 Å². The van der Waals surface area contributed by atoms with Crippen molar-refractivity contribution >= 4 is 34.5 Å². The lowest BCUT2D eigenvalue weighted by Crippen LogP contribution is -1.92. The largest absolute Gasteiger partial charge is 0.431 e. The normalized spacial score (nSPS) is 13.2. The molecule has 0 saturated carbocycles. The first-order valence-electron chi connectivity index (χ1n) is 6.59. The molecule has 21 heavy (non-hydrogen) atoms. The average Bonchev–Trinajstić information content (AvgIpc) is 3.03. The Hall–Kier alpha value is -1.53. The summed E-state index contributed by atoms with van der Waals surface area (Å²) < 4.78 is 11.0. The quantitative estimate of drug-likeness (QED) is 0.640. The van der Waals surface area contributed by atoms with Crippen LogP contribution in [0.4, 0.5) is 0 Å². The van der Waals surface area contributed by atoms with Gasteiger partial charge in [-0.05, 0) is 25.1 Å². The third kappa shape index (κ3) is 3.06. The van der Waals surface area contributed by atoms with Crippen LogP contribution in [0.2, 0.25) is 5.02 Å². The molecule has 7 heteroatoms. The molecule has 3 rings (SSSR count). The summed E-state index contributed by atoms with van der Waals surface area (Å²) in [5.74, 6) is 1.52. The lowest BCUT2D eigenvalue weighted by atomic mass is 10.2. The molecular weight excluding hydrogens is 310 g/mol. The van der Waals surface area contributed by atoms with Gasteiger partial charge in [-0.25, -0.2) is 4.98 Å². The van der Waals surface area contributed by atoms with Gasteiger partial charge in [0.05, 0.1) is 5.25 Å². The minimum absolute atomic E-state index is 0.0338. The molecule has 110 valence electrons. The molecule has 0 aliphatic rings. The number of halogens is 1. The molecule has 3 aromatic rings. The van der Waals surface area contributed by atoms with Gasteiger partial charge in [0, 0.05) is 10.9 Å². The number of hydrogen-bond acceptors (Lipinski definition) is 6. The van der Waals surface area contributed by atoms with Gasteiger partial charge >= 0.3 is 0 Å². The van der Waals surface area contributed by atoms with Crippen LogP contribution in [0, 0.1) is 0 Å². The standard InChI is InChI=1S/C14H14ClN3O2S/c1-7(2)12-17-13(20-18-12)8(3)21-14-16-10-6-9(15)4-5-11(10)19-14/h4-8H,1-3H3. The second-order valence-corrected chi connectivity index (χ2v) is 6.73. The van der Waals surface area contributed by atoms with Crippen LogP contribution in [0.25, 0.3) is 11.1 Å². The van der Waals surface area contributed by atoms with Gasteiger partial charge in [0.1, 0.15) is 5.52 Å². The van der Waals surface area contributed by atoms with E-state index in [4.69, 9.17) is 20.5 Å². The number of hydrogen-bond donors (Lipinski definition) is 0. The van der Waals surface area contributed by atoms with Crippen molar-refractivity contribution in [2.75, 3.05) is 0 Å². The highest BCUT2D eigenvalue weighted by Crippen LogP contribution is 2.35. The zero-order valence-electron chi connectivity index (χ0n) is 11.8. The highest BCUT2D eigenvalue weighted by molar-refractivity contribution is 7.99. The van der Waals surface area contributed by atoms with Crippen LogP contribution < -0.4 is 0 Å². The van der Waals surface area contributed by atoms with Crippen LogP contribution in [0.3, 0.4) is 0 Å². The number of nitrogens with zero attached hydrogens (tertiary/aromatic N) is 3. The molecule has 2 aromatic heterocycles. The average molecular weight is 324 g/mol. The Balaban J connectivity index is 1.80. The molecule has 5 nitrogen and oxygen atoms in total. The van der Waals surface area contributed by atoms with Crippen LogP contribution in [0.5, 0.6) is 0 Å². The smallest absolute Gasteiger partial charge is 0.257 e. The van der Waals surface area contributed by atoms with Gasteiger partial charge in [-0.3, -0.25) is 0 Å². The van der Waals surface area contributed by atoms with Crippen LogP contribution in [-0.4, -0.2) is 15.1 Å². The maximum absolute atomic E-state index is 5.94. The molecule has 0 amide bonds. The van der Waals surface area contributed by atoms with Crippen molar-refractivity contribution in [3.05, 3.63) is 34.9 Å². The third-order valence-electron chi connectivity index (χ3n) is 2.93. The Bertz CT molecular complexity index is 769. The molecule has 0 aliphatic carbocycles. The minimum atomic E-state index is -0.0338. The van der Waals surface area contributed by atoms with Gasteiger partial charge in [-0.15, -0.1) is 0 Å². The summed E-state index contributed by atoms with van der Waals surface area (Å²) in [4.78, 5) is 8.79. The number of aromatic nitrogens is 3. The molecule has 2 heterocycles. The first kappa shape index (κ1) is 14.4. The van der Waals surface area contributed by atoms with E-state index in [1.165, 1.54) is 11.8 Å². The summed E-state index contributed by atoms with van der Waals surface area (Å²) in [5, 5.41) is 5.13. The van der Waals surface area contributed by atoms with Gasteiger partial charge in [-0.2, -0.15) is 4.98 Å². The summed E-state index contributed by atoms with van der Waals surface area (Å²) in [6, 6.07) is 5.36. The first-order valence-corrected chi connectivity index (χ1v) is 7.85. The molecule has 1 aromatic carbocycles. The van der Waals surface area contributed by atoms with Gasteiger partial charge in [0.15, 0.2) is 11.4 Å². The van der Waals surface area contributed by atoms with Crippen molar-refractivity contribution in [3.63, 3.8) is 0 Å². The summed E-state index contributed by atoms with van der Waals surface area (Å²) >= 11 is 7.38. The van der Waals surface area contributed by atoms with E-state index in [2.05, 4.69) is 15.1 Å². The van der Waals surface area contributed by atoms with E-state index in [9.17, 15) is 0 Å². The molecule has 1 atom stereocenters. The predicted molar refractivity (Wildman–Crippen MR) is 81.7 cm³/mol. The lowest BCUT2D eigenvalue weighted by molar-refractivity contribution is 0.372. The fourth-order valence-electron chi connectivity index (χ4n) is 1.78. The highest BCUT2D eigenvalue weighted by atomic mass is 35.5. The van der Waals surface area contributed by atoms with Crippen molar-refractivity contribution in [2.24, 2.45) is 0 Å². The Kier molecular flexibility index (Phi) is 3.91. The molecule has 0 radical (unpaired) electrons. The fourth-order valence-corrected chi connectivity index (χ4v) is 2.73. The van der Waals surface area contributed by atoms with Crippen molar-refractivity contribution in [3.8, 4) is 0 Å². The van der Waals surface area contributed by atoms with Crippen LogP contribution >= 0.6 is 23.4 Å². The van der Waals surface area contributed by atoms with Gasteiger partial charge in [-0.1, -0.05) is 42.4 Å². The number of thioether (sulfide) groups is 1. The van der Waals surface area contributed by atoms with Crippen molar-refractivity contribution in [1.82, 2.24) is 15.1 Å². The Morgan fingerprint density at radius 1 is 1.19 bits per heavy atom. The molecular formula is C14H14ClN3O2S. The second-order valence-electron chi connectivity index (χ2n) is 5.00. The summed E-state index contributed by atoms with van der Waals surface area (Å²) in [6.07, 6.45) is 0. The summed E-state index contributed by atoms with van der Waals surface area (Å²) in [7, 11) is 0. The predicted octanol–water partition coefficient (Wildman–Crippen LogP) is 4.84. The summed E-state index contributed by atoms with van der Waals surface area (Å²) in [6.45, 7) is 6.03. The zero-order valence-corrected chi connectivity index (χ0v) is 13.4. The monoisotopic (exact) mass is 323 g/mol. The number of fused-ring (bicyclic) bond motifs is 1. The van der Waals surface area contributed by atoms with Crippen LogP contribution in [-0.2, 0) is 0 Å². The third-order valence-corrected chi connectivity index (χ3v) is 4.10. The van der Waals surface area contributed by atoms with Crippen molar-refractivity contribution < 1.29 is 8.94 Å². The van der Waals surface area contributed by atoms with Gasteiger partial charge < -0.3 is 8.94 Å². The van der Waals surface area contributed by atoms with E-state index in [0.717, 1.165) is 5.52 Å². The van der Waals surface area contributed by atoms with Crippen molar-refractivity contribution in [1.29, 1.82) is 0 Å². The van der Waals surface area contributed by atoms with Crippen molar-refractivity contribution in [2.45, 2.75) is 37.2 Å². The second kappa shape index (κ2) is 5.69. The number of oxazole rings is 1. The van der Waals surface area contributed by atoms with E-state index < -0.39 is 0 Å². The van der Waals surface area contributed by atoms with Crippen LogP contribution in [0.1, 0.15) is 43.7 Å². The number of rotatable bonds is 4. The lowest BCUT2D eigenvalue weighted by Gasteiger charge is -2.01. The molecule has 1 unspecified atom stereocenters. The fraction of sp³-hybridized carbons (Fsp3) is 0.357. The van der Waals surface area contributed by atoms with E-state index in [1.54, 1.807) is 12.1 Å². The maximum atomic E-state index is 5.94. The van der Waals surface area contributed by atoms with Gasteiger partial charge in [0.2, 0.25) is 5.89 Å². The molecule has 0 bridgehead atoms. The molecule has 0 saturated heterocycles. The van der Waals surface area contributed by atoms with Gasteiger partial charge in [0.25, 0.3) is 5.22 Å². The molecule has 0 spiro atoms. The molecule has 0 fully saturated rings. The minimum Gasteiger partial charge on any atom is -0.431 e. The zero-order chi connectivity index (χ0) is 15.0. The molecule has 0 aliphatic heterocycles. The topological polar surface area (TPSA) is 65.0 Å². The van der Waals surface area contributed by atoms with E-state index in [-0.39, 0.29) is 11.2 Å². The summed E-state index contributed by atoms with van der Waals surface area (Å²) in [5.41, 5.74) is 1.45. The number of benzene rings is 1. The first-order chi connectivity index (χ1) is 10.0. The Morgan fingerprint density at radius 2 is 2.00 bits per heavy atom. The Labute approximate surface area is 131 Å². The van der Waals surface area contributed by atoms with E-state index in [0.29, 0.717) is 27.5 Å². The van der Waals surface area contributed by atoms with E-state index in [1.807, 2.05) is 26.8 Å².